The molecule has 10 heteroatoms. The SMILES string of the molecule is COc1ccc(CNC(=O)c2cc3c(=O)n(C(C)c4ccc(C(=O)O)c(C)c4)c(=O)[nH]c3cn2)cc1. The van der Waals surface area contributed by atoms with Gasteiger partial charge in [0.15, 0.2) is 0 Å². The summed E-state index contributed by atoms with van der Waals surface area (Å²) in [6, 6.07) is 12.5. The van der Waals surface area contributed by atoms with Gasteiger partial charge in [0.2, 0.25) is 0 Å². The Morgan fingerprint density at radius 1 is 1.14 bits per heavy atom. The summed E-state index contributed by atoms with van der Waals surface area (Å²) in [5.41, 5.74) is 1.11. The van der Waals surface area contributed by atoms with Crippen LogP contribution in [0.3, 0.4) is 0 Å². The summed E-state index contributed by atoms with van der Waals surface area (Å²) in [4.78, 5) is 56.8. The predicted octanol–water partition coefficient (Wildman–Crippen LogP) is 2.64. The van der Waals surface area contributed by atoms with Gasteiger partial charge in [0.1, 0.15) is 11.4 Å². The lowest BCUT2D eigenvalue weighted by atomic mass is 10.0. The van der Waals surface area contributed by atoms with Gasteiger partial charge in [0.25, 0.3) is 11.5 Å². The molecule has 2 heterocycles. The Bertz CT molecular complexity index is 1590. The van der Waals surface area contributed by atoms with Crippen LogP contribution in [-0.4, -0.2) is 38.6 Å². The topological polar surface area (TPSA) is 143 Å². The van der Waals surface area contributed by atoms with Crippen molar-refractivity contribution < 1.29 is 19.4 Å². The summed E-state index contributed by atoms with van der Waals surface area (Å²) in [7, 11) is 1.57. The van der Waals surface area contributed by atoms with Crippen LogP contribution in [0.2, 0.25) is 0 Å². The molecule has 3 N–H and O–H groups in total. The van der Waals surface area contributed by atoms with E-state index < -0.39 is 29.2 Å². The standard InChI is InChI=1S/C26H24N4O6/c1-14-10-17(6-9-19(14)25(33)34)15(2)30-24(32)20-11-21(27-13-22(20)29-26(30)35)23(31)28-12-16-4-7-18(36-3)8-5-16/h4-11,13,15H,12H2,1-3H3,(H,28,31)(H,29,35)(H,33,34). The molecule has 0 saturated heterocycles. The molecule has 4 aromatic rings. The molecule has 1 amide bonds. The Morgan fingerprint density at radius 3 is 2.50 bits per heavy atom. The van der Waals surface area contributed by atoms with Crippen molar-refractivity contribution in [2.75, 3.05) is 7.11 Å². The number of pyridine rings is 1. The zero-order valence-electron chi connectivity index (χ0n) is 19.9. The van der Waals surface area contributed by atoms with E-state index in [0.717, 1.165) is 10.1 Å². The average Bonchev–Trinajstić information content (AvgIpc) is 2.87. The molecule has 10 nitrogen and oxygen atoms in total. The minimum Gasteiger partial charge on any atom is -0.497 e. The second-order valence-corrected chi connectivity index (χ2v) is 8.31. The fourth-order valence-corrected chi connectivity index (χ4v) is 3.96. The van der Waals surface area contributed by atoms with Gasteiger partial charge in [-0.05, 0) is 54.8 Å². The molecule has 1 atom stereocenters. The largest absolute Gasteiger partial charge is 0.497 e. The van der Waals surface area contributed by atoms with Crippen molar-refractivity contribution in [1.29, 1.82) is 0 Å². The number of fused-ring (bicyclic) bond motifs is 1. The third kappa shape index (κ3) is 4.74. The fraction of sp³-hybridized carbons (Fsp3) is 0.192. The number of amides is 1. The van der Waals surface area contributed by atoms with Crippen molar-refractivity contribution >= 4 is 22.8 Å². The fourth-order valence-electron chi connectivity index (χ4n) is 3.96. The lowest BCUT2D eigenvalue weighted by Gasteiger charge is -2.16. The number of ether oxygens (including phenoxy) is 1. The maximum atomic E-state index is 13.3. The van der Waals surface area contributed by atoms with Gasteiger partial charge in [-0.3, -0.25) is 14.2 Å². The Labute approximate surface area is 205 Å². The molecule has 0 radical (unpaired) electrons. The summed E-state index contributed by atoms with van der Waals surface area (Å²) < 4.78 is 6.16. The van der Waals surface area contributed by atoms with Crippen molar-refractivity contribution in [2.45, 2.75) is 26.4 Å². The molecule has 0 spiro atoms. The zero-order chi connectivity index (χ0) is 26.0. The van der Waals surface area contributed by atoms with Crippen LogP contribution in [-0.2, 0) is 6.54 Å². The first kappa shape index (κ1) is 24.4. The quantitative estimate of drug-likeness (QED) is 0.363. The van der Waals surface area contributed by atoms with Crippen LogP contribution in [0, 0.1) is 6.92 Å². The van der Waals surface area contributed by atoms with Crippen molar-refractivity contribution in [3.05, 3.63) is 104 Å². The molecular weight excluding hydrogens is 464 g/mol. The monoisotopic (exact) mass is 488 g/mol. The Morgan fingerprint density at radius 2 is 1.86 bits per heavy atom. The summed E-state index contributed by atoms with van der Waals surface area (Å²) >= 11 is 0. The summed E-state index contributed by atoms with van der Waals surface area (Å²) in [6.07, 6.45) is 1.28. The third-order valence-electron chi connectivity index (χ3n) is 6.01. The number of aryl methyl sites for hydroxylation is 1. The van der Waals surface area contributed by atoms with E-state index in [0.29, 0.717) is 16.9 Å². The number of nitrogens with one attached hydrogen (secondary N) is 2. The van der Waals surface area contributed by atoms with E-state index in [2.05, 4.69) is 15.3 Å². The summed E-state index contributed by atoms with van der Waals surface area (Å²) in [5.74, 6) is -0.829. The van der Waals surface area contributed by atoms with Gasteiger partial charge in [-0.15, -0.1) is 0 Å². The molecule has 2 aromatic heterocycles. The molecule has 0 aliphatic rings. The number of carbonyl (C=O) groups excluding carboxylic acids is 1. The van der Waals surface area contributed by atoms with E-state index in [9.17, 15) is 24.3 Å². The van der Waals surface area contributed by atoms with Crippen molar-refractivity contribution in [1.82, 2.24) is 19.9 Å². The molecule has 1 unspecified atom stereocenters. The number of H-pyrrole nitrogens is 1. The molecule has 36 heavy (non-hydrogen) atoms. The number of benzene rings is 2. The maximum Gasteiger partial charge on any atom is 0.335 e. The Hall–Kier alpha value is -4.73. The Kier molecular flexibility index (Phi) is 6.69. The van der Waals surface area contributed by atoms with Crippen molar-refractivity contribution in [3.8, 4) is 5.75 Å². The number of hydrogen-bond donors (Lipinski definition) is 3. The minimum absolute atomic E-state index is 0.0287. The third-order valence-corrected chi connectivity index (χ3v) is 6.01. The average molecular weight is 489 g/mol. The number of rotatable bonds is 7. The van der Waals surface area contributed by atoms with E-state index in [1.54, 1.807) is 45.2 Å². The van der Waals surface area contributed by atoms with E-state index in [1.807, 2.05) is 12.1 Å². The minimum atomic E-state index is -1.06. The number of carbonyl (C=O) groups is 2. The predicted molar refractivity (Wildman–Crippen MR) is 133 cm³/mol. The van der Waals surface area contributed by atoms with E-state index in [1.165, 1.54) is 18.3 Å². The van der Waals surface area contributed by atoms with Crippen LogP contribution < -0.4 is 21.3 Å². The second-order valence-electron chi connectivity index (χ2n) is 8.31. The van der Waals surface area contributed by atoms with Crippen molar-refractivity contribution in [2.24, 2.45) is 0 Å². The number of aromatic amines is 1. The molecule has 2 aromatic carbocycles. The van der Waals surface area contributed by atoms with Crippen LogP contribution in [0.15, 0.2) is 64.3 Å². The number of nitrogens with zero attached hydrogens (tertiary/aromatic N) is 2. The lowest BCUT2D eigenvalue weighted by Crippen LogP contribution is -2.38. The van der Waals surface area contributed by atoms with Crippen LogP contribution in [0.5, 0.6) is 5.75 Å². The van der Waals surface area contributed by atoms with Gasteiger partial charge in [-0.1, -0.05) is 24.3 Å². The highest BCUT2D eigenvalue weighted by atomic mass is 16.5. The van der Waals surface area contributed by atoms with Crippen LogP contribution >= 0.6 is 0 Å². The highest BCUT2D eigenvalue weighted by molar-refractivity contribution is 5.95. The van der Waals surface area contributed by atoms with Gasteiger partial charge >= 0.3 is 11.7 Å². The van der Waals surface area contributed by atoms with Crippen molar-refractivity contribution in [3.63, 3.8) is 0 Å². The zero-order valence-corrected chi connectivity index (χ0v) is 19.9. The van der Waals surface area contributed by atoms with Gasteiger partial charge in [0.05, 0.1) is 35.8 Å². The number of carboxylic acids is 1. The molecule has 4 rings (SSSR count). The van der Waals surface area contributed by atoms with E-state index in [-0.39, 0.29) is 28.7 Å². The van der Waals surface area contributed by atoms with E-state index >= 15 is 0 Å². The molecule has 0 aliphatic heterocycles. The van der Waals surface area contributed by atoms with Gasteiger partial charge in [-0.25, -0.2) is 14.6 Å². The number of aromatic nitrogens is 3. The highest BCUT2D eigenvalue weighted by Crippen LogP contribution is 2.20. The highest BCUT2D eigenvalue weighted by Gasteiger charge is 2.19. The summed E-state index contributed by atoms with van der Waals surface area (Å²) in [5, 5.41) is 12.2. The van der Waals surface area contributed by atoms with Gasteiger partial charge in [0, 0.05) is 6.54 Å². The molecule has 0 aliphatic carbocycles. The number of methoxy groups -OCH3 is 1. The van der Waals surface area contributed by atoms with E-state index in [4.69, 9.17) is 4.74 Å². The van der Waals surface area contributed by atoms with Crippen LogP contribution in [0.1, 0.15) is 50.5 Å². The summed E-state index contributed by atoms with van der Waals surface area (Å²) in [6.45, 7) is 3.57. The maximum absolute atomic E-state index is 13.3. The molecular formula is C26H24N4O6. The first-order valence-corrected chi connectivity index (χ1v) is 11.1. The Balaban J connectivity index is 1.64. The molecule has 184 valence electrons. The van der Waals surface area contributed by atoms with Gasteiger partial charge in [-0.2, -0.15) is 0 Å². The normalized spacial score (nSPS) is 11.8. The second kappa shape index (κ2) is 9.87. The lowest BCUT2D eigenvalue weighted by molar-refractivity contribution is 0.0695. The van der Waals surface area contributed by atoms with Gasteiger partial charge < -0.3 is 20.1 Å². The molecule has 0 saturated carbocycles. The number of carboxylic acid groups (broad SMARTS) is 1. The smallest absolute Gasteiger partial charge is 0.335 e. The number of aromatic carboxylic acids is 1. The van der Waals surface area contributed by atoms with Crippen LogP contribution in [0.4, 0.5) is 0 Å². The molecule has 0 fully saturated rings. The first-order valence-electron chi connectivity index (χ1n) is 11.1. The first-order chi connectivity index (χ1) is 17.2. The molecule has 0 bridgehead atoms. The number of hydrogen-bond acceptors (Lipinski definition) is 6. The van der Waals surface area contributed by atoms with Crippen LogP contribution in [0.25, 0.3) is 10.9 Å².